The summed E-state index contributed by atoms with van der Waals surface area (Å²) in [6.07, 6.45) is 1.17. The van der Waals surface area contributed by atoms with E-state index in [0.717, 1.165) is 32.2 Å². The van der Waals surface area contributed by atoms with E-state index in [2.05, 4.69) is 21.2 Å². The van der Waals surface area contributed by atoms with E-state index in [1.54, 1.807) is 0 Å². The molecule has 0 saturated heterocycles. The van der Waals surface area contributed by atoms with E-state index >= 15 is 0 Å². The number of nitrogens with zero attached hydrogens (tertiary/aromatic N) is 2. The van der Waals surface area contributed by atoms with E-state index in [0.29, 0.717) is 0 Å². The minimum absolute atomic E-state index is 0.0211. The third kappa shape index (κ3) is 7.38. The lowest BCUT2D eigenvalue weighted by Crippen LogP contribution is -2.52. The average molecular weight is 576 g/mol. The molecule has 0 aliphatic carbocycles. The van der Waals surface area contributed by atoms with Gasteiger partial charge in [-0.2, -0.15) is 0 Å². The number of hydrogen-bond acceptors (Lipinski definition) is 4. The first-order valence-electron chi connectivity index (χ1n) is 11.1. The Labute approximate surface area is 219 Å². The largest absolute Gasteiger partial charge is 0.357 e. The summed E-state index contributed by atoms with van der Waals surface area (Å²) in [6, 6.07) is 20.6. The molecule has 36 heavy (non-hydrogen) atoms. The zero-order valence-corrected chi connectivity index (χ0v) is 22.3. The van der Waals surface area contributed by atoms with E-state index in [9.17, 15) is 22.4 Å². The molecule has 1 atom stereocenters. The van der Waals surface area contributed by atoms with Gasteiger partial charge < -0.3 is 10.2 Å². The Balaban J connectivity index is 2.03. The number of carbonyl (C=O) groups is 2. The van der Waals surface area contributed by atoms with Gasteiger partial charge in [0.15, 0.2) is 0 Å². The first kappa shape index (κ1) is 27.3. The van der Waals surface area contributed by atoms with Crippen LogP contribution in [-0.4, -0.2) is 51.0 Å². The molecular formula is C26H27BrFN3O4S. The lowest BCUT2D eigenvalue weighted by atomic mass is 10.0. The number of amides is 2. The van der Waals surface area contributed by atoms with Crippen LogP contribution in [0.5, 0.6) is 0 Å². The highest BCUT2D eigenvalue weighted by atomic mass is 79.9. The molecule has 0 aliphatic rings. The molecule has 0 heterocycles. The molecule has 3 aromatic rings. The van der Waals surface area contributed by atoms with Gasteiger partial charge in [-0.15, -0.1) is 0 Å². The lowest BCUT2D eigenvalue weighted by molar-refractivity contribution is -0.139. The molecule has 2 amide bonds. The maximum Gasteiger partial charge on any atom is 0.244 e. The predicted molar refractivity (Wildman–Crippen MR) is 141 cm³/mol. The number of anilines is 1. The van der Waals surface area contributed by atoms with Crippen molar-refractivity contribution in [3.8, 4) is 0 Å². The summed E-state index contributed by atoms with van der Waals surface area (Å²) >= 11 is 3.42. The Morgan fingerprint density at radius 2 is 1.64 bits per heavy atom. The standard InChI is InChI=1S/C26H27BrFN3O4S/c1-29-26(33)24(15-19-8-4-3-5-9-19)30(17-20-10-6-11-21(27)14-20)25(32)18-31(36(2,34)35)23-13-7-12-22(28)16-23/h3-14,16,24H,15,17-18H2,1-2H3,(H,29,33). The van der Waals surface area contributed by atoms with E-state index in [1.807, 2.05) is 54.6 Å². The van der Waals surface area contributed by atoms with E-state index in [1.165, 1.54) is 30.1 Å². The van der Waals surface area contributed by atoms with E-state index in [-0.39, 0.29) is 24.6 Å². The lowest BCUT2D eigenvalue weighted by Gasteiger charge is -2.33. The number of halogens is 2. The summed E-state index contributed by atoms with van der Waals surface area (Å²) in [5.41, 5.74) is 1.60. The van der Waals surface area contributed by atoms with E-state index in [4.69, 9.17) is 0 Å². The van der Waals surface area contributed by atoms with Crippen molar-refractivity contribution >= 4 is 43.5 Å². The fourth-order valence-electron chi connectivity index (χ4n) is 3.80. The molecule has 190 valence electrons. The highest BCUT2D eigenvalue weighted by Crippen LogP contribution is 2.22. The van der Waals surface area contributed by atoms with Crippen molar-refractivity contribution in [2.45, 2.75) is 19.0 Å². The monoisotopic (exact) mass is 575 g/mol. The van der Waals surface area contributed by atoms with Gasteiger partial charge in [-0.25, -0.2) is 12.8 Å². The zero-order valence-electron chi connectivity index (χ0n) is 19.9. The fourth-order valence-corrected chi connectivity index (χ4v) is 5.09. The number of nitrogens with one attached hydrogen (secondary N) is 1. The van der Waals surface area contributed by atoms with Crippen molar-refractivity contribution in [3.63, 3.8) is 0 Å². The number of rotatable bonds is 10. The zero-order chi connectivity index (χ0) is 26.3. The van der Waals surface area contributed by atoms with Crippen LogP contribution in [0.1, 0.15) is 11.1 Å². The molecular weight excluding hydrogens is 549 g/mol. The summed E-state index contributed by atoms with van der Waals surface area (Å²) in [5, 5.41) is 2.62. The van der Waals surface area contributed by atoms with Crippen molar-refractivity contribution in [1.29, 1.82) is 0 Å². The molecule has 0 spiro atoms. The molecule has 0 aliphatic heterocycles. The highest BCUT2D eigenvalue weighted by Gasteiger charge is 2.32. The second-order valence-corrected chi connectivity index (χ2v) is 11.0. The Morgan fingerprint density at radius 1 is 0.972 bits per heavy atom. The van der Waals surface area contributed by atoms with E-state index < -0.39 is 34.3 Å². The molecule has 0 bridgehead atoms. The van der Waals surface area contributed by atoms with Crippen LogP contribution in [0.3, 0.4) is 0 Å². The number of likely N-dealkylation sites (N-methyl/N-ethyl adjacent to an activating group) is 1. The number of carbonyl (C=O) groups excluding carboxylic acids is 2. The molecule has 3 aromatic carbocycles. The van der Waals surface area contributed by atoms with Gasteiger partial charge in [0.25, 0.3) is 0 Å². The van der Waals surface area contributed by atoms with Gasteiger partial charge in [-0.3, -0.25) is 13.9 Å². The number of hydrogen-bond donors (Lipinski definition) is 1. The second-order valence-electron chi connectivity index (χ2n) is 8.22. The molecule has 0 fully saturated rings. The van der Waals surface area contributed by atoms with Crippen LogP contribution in [0.2, 0.25) is 0 Å². The summed E-state index contributed by atoms with van der Waals surface area (Å²) < 4.78 is 40.7. The number of sulfonamides is 1. The van der Waals surface area contributed by atoms with Crippen LogP contribution in [-0.2, 0) is 32.6 Å². The average Bonchev–Trinajstić information content (AvgIpc) is 2.84. The van der Waals surface area contributed by atoms with Gasteiger partial charge in [-0.1, -0.05) is 64.5 Å². The van der Waals surface area contributed by atoms with Crippen molar-refractivity contribution in [3.05, 3.63) is 100 Å². The van der Waals surface area contributed by atoms with Crippen molar-refractivity contribution in [2.24, 2.45) is 0 Å². The van der Waals surface area contributed by atoms with Crippen molar-refractivity contribution < 1.29 is 22.4 Å². The van der Waals surface area contributed by atoms with Gasteiger partial charge >= 0.3 is 0 Å². The maximum atomic E-state index is 13.9. The van der Waals surface area contributed by atoms with Crippen LogP contribution in [0.15, 0.2) is 83.3 Å². The van der Waals surface area contributed by atoms with Crippen LogP contribution in [0.25, 0.3) is 0 Å². The van der Waals surface area contributed by atoms with Crippen LogP contribution < -0.4 is 9.62 Å². The molecule has 7 nitrogen and oxygen atoms in total. The summed E-state index contributed by atoms with van der Waals surface area (Å²) in [4.78, 5) is 28.1. The molecule has 1 N–H and O–H groups in total. The normalized spacial score (nSPS) is 12.0. The Bertz CT molecular complexity index is 1320. The predicted octanol–water partition coefficient (Wildman–Crippen LogP) is 3.74. The molecule has 10 heteroatoms. The van der Waals surface area contributed by atoms with Gasteiger partial charge in [0.05, 0.1) is 11.9 Å². The van der Waals surface area contributed by atoms with Crippen LogP contribution in [0, 0.1) is 5.82 Å². The van der Waals surface area contributed by atoms with Crippen molar-refractivity contribution in [2.75, 3.05) is 24.2 Å². The molecule has 0 aromatic heterocycles. The summed E-state index contributed by atoms with van der Waals surface area (Å²) in [6.45, 7) is -0.539. The third-order valence-electron chi connectivity index (χ3n) is 5.53. The Morgan fingerprint density at radius 3 is 2.25 bits per heavy atom. The quantitative estimate of drug-likeness (QED) is 0.399. The van der Waals surface area contributed by atoms with Gasteiger partial charge in [0, 0.05) is 24.5 Å². The minimum atomic E-state index is -3.94. The van der Waals surface area contributed by atoms with Gasteiger partial charge in [-0.05, 0) is 41.5 Å². The smallest absolute Gasteiger partial charge is 0.244 e. The van der Waals surface area contributed by atoms with Crippen LogP contribution >= 0.6 is 15.9 Å². The minimum Gasteiger partial charge on any atom is -0.357 e. The fraction of sp³-hybridized carbons (Fsp3) is 0.231. The van der Waals surface area contributed by atoms with Gasteiger partial charge in [0.2, 0.25) is 21.8 Å². The highest BCUT2D eigenvalue weighted by molar-refractivity contribution is 9.10. The molecule has 3 rings (SSSR count). The van der Waals surface area contributed by atoms with Crippen molar-refractivity contribution in [1.82, 2.24) is 10.2 Å². The first-order chi connectivity index (χ1) is 17.1. The van der Waals surface area contributed by atoms with Crippen LogP contribution in [0.4, 0.5) is 10.1 Å². The molecule has 0 radical (unpaired) electrons. The van der Waals surface area contributed by atoms with Gasteiger partial charge in [0.1, 0.15) is 18.4 Å². The summed E-state index contributed by atoms with van der Waals surface area (Å²) in [5.74, 6) is -1.63. The maximum absolute atomic E-state index is 13.9. The summed E-state index contributed by atoms with van der Waals surface area (Å²) in [7, 11) is -2.46. The topological polar surface area (TPSA) is 86.8 Å². The molecule has 1 unspecified atom stereocenters. The Hall–Kier alpha value is -3.24. The third-order valence-corrected chi connectivity index (χ3v) is 7.17. The number of benzene rings is 3. The first-order valence-corrected chi connectivity index (χ1v) is 13.8. The second kappa shape index (κ2) is 12.1. The Kier molecular flexibility index (Phi) is 9.22. The SMILES string of the molecule is CNC(=O)C(Cc1ccccc1)N(Cc1cccc(Br)c1)C(=O)CN(c1cccc(F)c1)S(C)(=O)=O. The molecule has 0 saturated carbocycles.